The predicted octanol–water partition coefficient (Wildman–Crippen LogP) is 6.03. The highest BCUT2D eigenvalue weighted by Gasteiger charge is 2.51. The molecule has 1 heterocycles. The number of amides is 1. The van der Waals surface area contributed by atoms with Crippen LogP contribution in [0.4, 0.5) is 23.2 Å². The highest BCUT2D eigenvalue weighted by Crippen LogP contribution is 2.48. The molecule has 1 N–H and O–H groups in total. The molecule has 0 saturated heterocycles. The first-order valence-electron chi connectivity index (χ1n) is 7.83. The number of anilines is 1. The normalized spacial score (nSPS) is 19.4. The lowest BCUT2D eigenvalue weighted by Gasteiger charge is -2.22. The van der Waals surface area contributed by atoms with E-state index in [0.717, 1.165) is 24.6 Å². The third kappa shape index (κ3) is 3.18. The van der Waals surface area contributed by atoms with Gasteiger partial charge in [-0.2, -0.15) is 13.2 Å². The van der Waals surface area contributed by atoms with Crippen molar-refractivity contribution in [2.45, 2.75) is 30.1 Å². The maximum absolute atomic E-state index is 16.0. The second-order valence-electron chi connectivity index (χ2n) is 5.86. The summed E-state index contributed by atoms with van der Waals surface area (Å²) in [5.41, 5.74) is -3.83. The van der Waals surface area contributed by atoms with Crippen molar-refractivity contribution in [1.29, 1.82) is 0 Å². The van der Waals surface area contributed by atoms with Crippen molar-refractivity contribution in [3.63, 3.8) is 0 Å². The van der Waals surface area contributed by atoms with Crippen LogP contribution in [0, 0.1) is 0 Å². The van der Waals surface area contributed by atoms with Crippen molar-refractivity contribution < 1.29 is 22.4 Å². The van der Waals surface area contributed by atoms with Crippen LogP contribution in [0.3, 0.4) is 0 Å². The maximum Gasteiger partial charge on any atom is 0.416 e. The summed E-state index contributed by atoms with van der Waals surface area (Å²) in [6.07, 6.45) is -3.75. The summed E-state index contributed by atoms with van der Waals surface area (Å²) in [6.45, 7) is 1.96. The van der Waals surface area contributed by atoms with Gasteiger partial charge in [-0.25, -0.2) is 4.39 Å². The van der Waals surface area contributed by atoms with Crippen LogP contribution in [-0.4, -0.2) is 11.7 Å². The number of halogens is 5. The van der Waals surface area contributed by atoms with Gasteiger partial charge in [0.15, 0.2) is 0 Å². The van der Waals surface area contributed by atoms with E-state index in [1.807, 2.05) is 6.92 Å². The molecule has 0 bridgehead atoms. The van der Waals surface area contributed by atoms with Crippen LogP contribution in [0.15, 0.2) is 41.3 Å². The fourth-order valence-corrected chi connectivity index (χ4v) is 3.95. The Bertz CT molecular complexity index is 871. The summed E-state index contributed by atoms with van der Waals surface area (Å²) in [5.74, 6) is -0.320. The number of fused-ring (bicyclic) bond motifs is 1. The zero-order valence-electron chi connectivity index (χ0n) is 13.6. The minimum Gasteiger partial charge on any atom is -0.322 e. The Kier molecular flexibility index (Phi) is 4.96. The zero-order chi connectivity index (χ0) is 19.1. The van der Waals surface area contributed by atoms with Crippen molar-refractivity contribution in [3.8, 4) is 0 Å². The fraction of sp³-hybridized carbons (Fsp3) is 0.278. The van der Waals surface area contributed by atoms with Crippen molar-refractivity contribution in [2.75, 3.05) is 11.1 Å². The predicted molar refractivity (Wildman–Crippen MR) is 94.4 cm³/mol. The van der Waals surface area contributed by atoms with Crippen molar-refractivity contribution in [1.82, 2.24) is 0 Å². The van der Waals surface area contributed by atoms with Gasteiger partial charge in [-0.1, -0.05) is 24.6 Å². The van der Waals surface area contributed by atoms with Gasteiger partial charge in [-0.3, -0.25) is 4.79 Å². The number of rotatable bonds is 4. The number of alkyl halides is 4. The summed E-state index contributed by atoms with van der Waals surface area (Å²) < 4.78 is 54.7. The summed E-state index contributed by atoms with van der Waals surface area (Å²) in [5, 5.41) is 2.48. The van der Waals surface area contributed by atoms with Crippen LogP contribution in [0.25, 0.3) is 0 Å². The van der Waals surface area contributed by atoms with Gasteiger partial charge in [-0.05, 0) is 42.5 Å². The van der Waals surface area contributed by atoms with Crippen molar-refractivity contribution in [3.05, 3.63) is 58.1 Å². The van der Waals surface area contributed by atoms with E-state index in [-0.39, 0.29) is 21.8 Å². The molecule has 0 aliphatic carbocycles. The molecule has 1 amide bonds. The minimum atomic E-state index is -4.58. The van der Waals surface area contributed by atoms with E-state index in [4.69, 9.17) is 11.6 Å². The van der Waals surface area contributed by atoms with Gasteiger partial charge in [-0.15, -0.1) is 11.8 Å². The molecule has 1 aliphatic heterocycles. The van der Waals surface area contributed by atoms with Gasteiger partial charge in [0.05, 0.1) is 5.56 Å². The molecule has 8 heteroatoms. The SMILES string of the molecule is CCCSc1ccc(Cl)cc1C1(F)C(=O)Nc2cc(C(F)(F)F)ccc21. The summed E-state index contributed by atoms with van der Waals surface area (Å²) >= 11 is 7.36. The number of hydrogen-bond donors (Lipinski definition) is 1. The topological polar surface area (TPSA) is 29.1 Å². The molecule has 2 nitrogen and oxygen atoms in total. The fourth-order valence-electron chi connectivity index (χ4n) is 2.83. The monoisotopic (exact) mass is 403 g/mol. The number of carbonyl (C=O) groups excluding carboxylic acids is 1. The molecule has 1 atom stereocenters. The average molecular weight is 404 g/mol. The van der Waals surface area contributed by atoms with Crippen LogP contribution < -0.4 is 5.32 Å². The molecular formula is C18H14ClF4NOS. The lowest BCUT2D eigenvalue weighted by Crippen LogP contribution is -2.31. The van der Waals surface area contributed by atoms with E-state index in [9.17, 15) is 18.0 Å². The Balaban J connectivity index is 2.15. The molecule has 138 valence electrons. The van der Waals surface area contributed by atoms with Crippen LogP contribution in [-0.2, 0) is 16.6 Å². The Morgan fingerprint density at radius 3 is 2.54 bits per heavy atom. The molecular weight excluding hydrogens is 390 g/mol. The highest BCUT2D eigenvalue weighted by atomic mass is 35.5. The van der Waals surface area contributed by atoms with E-state index in [2.05, 4.69) is 5.32 Å². The van der Waals surface area contributed by atoms with E-state index < -0.39 is 23.3 Å². The van der Waals surface area contributed by atoms with E-state index in [1.54, 1.807) is 12.1 Å². The number of hydrogen-bond acceptors (Lipinski definition) is 2. The first kappa shape index (κ1) is 19.0. The first-order valence-corrected chi connectivity index (χ1v) is 9.19. The molecule has 0 fully saturated rings. The number of thioether (sulfide) groups is 1. The van der Waals surface area contributed by atoms with Gasteiger partial charge in [0.2, 0.25) is 5.67 Å². The maximum atomic E-state index is 16.0. The molecule has 3 rings (SSSR count). The van der Waals surface area contributed by atoms with Gasteiger partial charge in [0.1, 0.15) is 0 Å². The van der Waals surface area contributed by atoms with Crippen LogP contribution in [0.2, 0.25) is 5.02 Å². The molecule has 0 radical (unpaired) electrons. The van der Waals surface area contributed by atoms with Crippen LogP contribution >= 0.6 is 23.4 Å². The second kappa shape index (κ2) is 6.78. The van der Waals surface area contributed by atoms with Gasteiger partial charge in [0, 0.05) is 26.7 Å². The van der Waals surface area contributed by atoms with Gasteiger partial charge in [0.25, 0.3) is 5.91 Å². The van der Waals surface area contributed by atoms with Crippen LogP contribution in [0.1, 0.15) is 30.0 Å². The molecule has 0 saturated carbocycles. The summed E-state index contributed by atoms with van der Waals surface area (Å²) in [4.78, 5) is 13.0. The number of nitrogens with one attached hydrogen (secondary N) is 1. The molecule has 0 aromatic heterocycles. The number of benzene rings is 2. The smallest absolute Gasteiger partial charge is 0.322 e. The minimum absolute atomic E-state index is 0.0412. The third-order valence-corrected chi connectivity index (χ3v) is 5.57. The lowest BCUT2D eigenvalue weighted by atomic mass is 9.88. The second-order valence-corrected chi connectivity index (χ2v) is 7.43. The Morgan fingerprint density at radius 2 is 1.88 bits per heavy atom. The quantitative estimate of drug-likeness (QED) is 0.499. The van der Waals surface area contributed by atoms with Crippen molar-refractivity contribution >= 4 is 35.0 Å². The molecule has 0 spiro atoms. The number of carbonyl (C=O) groups is 1. The molecule has 26 heavy (non-hydrogen) atoms. The lowest BCUT2D eigenvalue weighted by molar-refractivity contribution is -0.137. The Morgan fingerprint density at radius 1 is 1.15 bits per heavy atom. The van der Waals surface area contributed by atoms with Gasteiger partial charge >= 0.3 is 6.18 Å². The van der Waals surface area contributed by atoms with E-state index in [1.165, 1.54) is 17.8 Å². The molecule has 1 aliphatic rings. The largest absolute Gasteiger partial charge is 0.416 e. The molecule has 2 aromatic rings. The average Bonchev–Trinajstić information content (AvgIpc) is 2.84. The zero-order valence-corrected chi connectivity index (χ0v) is 15.2. The Labute approximate surface area is 156 Å². The summed E-state index contributed by atoms with van der Waals surface area (Å²) in [6, 6.07) is 7.09. The molecule has 1 unspecified atom stereocenters. The molecule has 2 aromatic carbocycles. The van der Waals surface area contributed by atoms with Crippen molar-refractivity contribution in [2.24, 2.45) is 0 Å². The first-order chi connectivity index (χ1) is 12.2. The highest BCUT2D eigenvalue weighted by molar-refractivity contribution is 7.99. The van der Waals surface area contributed by atoms with Gasteiger partial charge < -0.3 is 5.32 Å². The third-order valence-electron chi connectivity index (χ3n) is 4.05. The van der Waals surface area contributed by atoms with E-state index >= 15 is 4.39 Å². The standard InChI is InChI=1S/C18H14ClF4NOS/c1-2-7-26-15-6-4-11(19)9-13(15)17(20)12-5-3-10(18(21,22)23)8-14(12)24-16(17)25/h3-6,8-9H,2,7H2,1H3,(H,24,25). The van der Waals surface area contributed by atoms with Crippen LogP contribution in [0.5, 0.6) is 0 Å². The Hall–Kier alpha value is -1.73. The van der Waals surface area contributed by atoms with E-state index in [0.29, 0.717) is 10.6 Å². The summed E-state index contributed by atoms with van der Waals surface area (Å²) in [7, 11) is 0.